The van der Waals surface area contributed by atoms with Crippen LogP contribution in [0.15, 0.2) is 62.7 Å². The number of anilines is 2. The Morgan fingerprint density at radius 1 is 1.10 bits per heavy atom. The number of piperidine rings is 1. The molecule has 1 aromatic carbocycles. The average molecular weight is 410 g/mol. The normalized spacial score (nSPS) is 15.7. The van der Waals surface area contributed by atoms with Gasteiger partial charge in [-0.05, 0) is 37.0 Å². The van der Waals surface area contributed by atoms with Crippen LogP contribution in [0.3, 0.4) is 0 Å². The van der Waals surface area contributed by atoms with Crippen LogP contribution in [0.1, 0.15) is 36.6 Å². The Kier molecular flexibility index (Phi) is 6.04. The first-order chi connectivity index (χ1) is 14.6. The summed E-state index contributed by atoms with van der Waals surface area (Å²) in [6.07, 6.45) is 5.28. The fourth-order valence-corrected chi connectivity index (χ4v) is 4.18. The topological polar surface area (TPSA) is 110 Å². The Bertz CT molecular complexity index is 1070. The molecule has 4 rings (SSSR count). The lowest BCUT2D eigenvalue weighted by Gasteiger charge is -2.30. The molecular formula is C22H28N5O3+. The molecule has 0 saturated carbocycles. The number of nitrogens with two attached hydrogens (primary N) is 1. The fraction of sp³-hybridized carbons (Fsp3) is 0.364. The average Bonchev–Trinajstić information content (AvgIpc) is 3.29. The molecule has 3 aromatic rings. The van der Waals surface area contributed by atoms with Crippen LogP contribution < -0.4 is 27.2 Å². The van der Waals surface area contributed by atoms with E-state index in [0.29, 0.717) is 6.54 Å². The van der Waals surface area contributed by atoms with Crippen LogP contribution in [0.2, 0.25) is 0 Å². The fourth-order valence-electron chi connectivity index (χ4n) is 4.18. The van der Waals surface area contributed by atoms with E-state index in [4.69, 9.17) is 10.2 Å². The van der Waals surface area contributed by atoms with E-state index < -0.39 is 11.2 Å². The molecule has 30 heavy (non-hydrogen) atoms. The first-order valence-corrected chi connectivity index (χ1v) is 10.4. The minimum Gasteiger partial charge on any atom is -0.463 e. The van der Waals surface area contributed by atoms with Gasteiger partial charge in [-0.1, -0.05) is 30.3 Å². The maximum Gasteiger partial charge on any atom is 0.330 e. The van der Waals surface area contributed by atoms with Crippen molar-refractivity contribution in [1.82, 2.24) is 9.55 Å². The molecule has 1 fully saturated rings. The summed E-state index contributed by atoms with van der Waals surface area (Å²) in [5.74, 6) is 1.02. The van der Waals surface area contributed by atoms with Gasteiger partial charge in [-0.25, -0.2) is 4.79 Å². The molecule has 8 nitrogen and oxygen atoms in total. The van der Waals surface area contributed by atoms with E-state index in [-0.39, 0.29) is 24.1 Å². The third-order valence-electron chi connectivity index (χ3n) is 5.78. The van der Waals surface area contributed by atoms with Crippen molar-refractivity contribution in [3.05, 3.63) is 80.9 Å². The number of H-pyrrole nitrogens is 1. The Morgan fingerprint density at radius 2 is 1.87 bits per heavy atom. The van der Waals surface area contributed by atoms with Crippen molar-refractivity contribution < 1.29 is 9.32 Å². The van der Waals surface area contributed by atoms with Crippen LogP contribution in [0.5, 0.6) is 0 Å². The number of nitrogens with zero attached hydrogens (tertiary/aromatic N) is 1. The van der Waals surface area contributed by atoms with Crippen LogP contribution in [0.25, 0.3) is 0 Å². The summed E-state index contributed by atoms with van der Waals surface area (Å²) >= 11 is 0. The number of hydrogen-bond acceptors (Lipinski definition) is 5. The highest BCUT2D eigenvalue weighted by Crippen LogP contribution is 2.16. The Labute approximate surface area is 174 Å². The maximum atomic E-state index is 12.5. The van der Waals surface area contributed by atoms with Gasteiger partial charge in [0.15, 0.2) is 11.8 Å². The van der Waals surface area contributed by atoms with Gasteiger partial charge in [0.2, 0.25) is 0 Å². The summed E-state index contributed by atoms with van der Waals surface area (Å²) in [7, 11) is 0. The molecule has 0 spiro atoms. The zero-order valence-corrected chi connectivity index (χ0v) is 16.9. The highest BCUT2D eigenvalue weighted by Gasteiger charge is 2.28. The second kappa shape index (κ2) is 9.04. The van der Waals surface area contributed by atoms with Crippen LogP contribution in [0, 0.1) is 0 Å². The molecular weight excluding hydrogens is 382 g/mol. The van der Waals surface area contributed by atoms with Gasteiger partial charge in [0.05, 0.1) is 32.4 Å². The van der Waals surface area contributed by atoms with E-state index in [9.17, 15) is 9.59 Å². The monoisotopic (exact) mass is 410 g/mol. The quantitative estimate of drug-likeness (QED) is 0.464. The van der Waals surface area contributed by atoms with Crippen molar-refractivity contribution in [2.75, 3.05) is 30.7 Å². The van der Waals surface area contributed by atoms with E-state index >= 15 is 0 Å². The van der Waals surface area contributed by atoms with E-state index in [1.165, 1.54) is 28.7 Å². The number of hydrogen-bond donors (Lipinski definition) is 4. The van der Waals surface area contributed by atoms with Crippen LogP contribution in [0.4, 0.5) is 11.5 Å². The summed E-state index contributed by atoms with van der Waals surface area (Å²) in [4.78, 5) is 28.7. The van der Waals surface area contributed by atoms with Crippen molar-refractivity contribution in [1.29, 1.82) is 0 Å². The SMILES string of the molecule is Nc1c(NC[C@H](c2ccco2)[NH+]2CCCCC2)c(=O)[nH]c(=O)n1Cc1ccccc1. The number of furan rings is 1. The predicted molar refractivity (Wildman–Crippen MR) is 116 cm³/mol. The number of aromatic nitrogens is 2. The molecule has 1 aliphatic rings. The van der Waals surface area contributed by atoms with E-state index in [0.717, 1.165) is 24.4 Å². The summed E-state index contributed by atoms with van der Waals surface area (Å²) < 4.78 is 7.07. The lowest BCUT2D eigenvalue weighted by atomic mass is 10.1. The molecule has 5 N–H and O–H groups in total. The molecule has 1 aliphatic heterocycles. The standard InChI is InChI=1S/C22H27N5O3/c23-20-19(21(28)25-22(29)27(20)15-16-8-3-1-4-9-16)24-14-17(18-10-7-13-30-18)26-11-5-2-6-12-26/h1,3-4,7-10,13,17,24H,2,5-6,11-12,14-15,23H2,(H,25,28,29)/p+1/t17-/m1/s1. The first-order valence-electron chi connectivity index (χ1n) is 10.4. The number of nitrogens with one attached hydrogen (secondary N) is 3. The van der Waals surface area contributed by atoms with Gasteiger partial charge < -0.3 is 20.4 Å². The molecule has 0 radical (unpaired) electrons. The van der Waals surface area contributed by atoms with Gasteiger partial charge in [0.1, 0.15) is 11.5 Å². The van der Waals surface area contributed by atoms with Crippen molar-refractivity contribution >= 4 is 11.5 Å². The van der Waals surface area contributed by atoms with E-state index in [1.54, 1.807) is 6.26 Å². The zero-order chi connectivity index (χ0) is 20.9. The number of rotatable bonds is 7. The van der Waals surface area contributed by atoms with Crippen LogP contribution in [-0.2, 0) is 6.54 Å². The lowest BCUT2D eigenvalue weighted by molar-refractivity contribution is -0.935. The van der Waals surface area contributed by atoms with Crippen LogP contribution in [-0.4, -0.2) is 29.2 Å². The Balaban J connectivity index is 1.59. The molecule has 0 aliphatic carbocycles. The summed E-state index contributed by atoms with van der Waals surface area (Å²) in [5.41, 5.74) is 6.39. The van der Waals surface area contributed by atoms with Gasteiger partial charge in [0.25, 0.3) is 5.56 Å². The second-order valence-electron chi connectivity index (χ2n) is 7.76. The highest BCUT2D eigenvalue weighted by atomic mass is 16.3. The zero-order valence-electron chi connectivity index (χ0n) is 16.9. The maximum absolute atomic E-state index is 12.5. The van der Waals surface area contributed by atoms with E-state index in [1.807, 2.05) is 42.5 Å². The summed E-state index contributed by atoms with van der Waals surface area (Å²) in [6, 6.07) is 13.5. The summed E-state index contributed by atoms with van der Waals surface area (Å²) in [5, 5.41) is 3.21. The smallest absolute Gasteiger partial charge is 0.330 e. The molecule has 0 bridgehead atoms. The minimum absolute atomic E-state index is 0.0635. The molecule has 0 amide bonds. The lowest BCUT2D eigenvalue weighted by Crippen LogP contribution is -3.13. The largest absolute Gasteiger partial charge is 0.463 e. The minimum atomic E-state index is -0.517. The molecule has 1 saturated heterocycles. The van der Waals surface area contributed by atoms with Gasteiger partial charge in [0, 0.05) is 0 Å². The second-order valence-corrected chi connectivity index (χ2v) is 7.76. The third-order valence-corrected chi connectivity index (χ3v) is 5.78. The molecule has 3 heterocycles. The number of aromatic amines is 1. The van der Waals surface area contributed by atoms with Gasteiger partial charge in [-0.15, -0.1) is 0 Å². The third kappa shape index (κ3) is 4.33. The van der Waals surface area contributed by atoms with Gasteiger partial charge in [-0.3, -0.25) is 14.3 Å². The molecule has 8 heteroatoms. The van der Waals surface area contributed by atoms with Gasteiger partial charge in [-0.2, -0.15) is 0 Å². The van der Waals surface area contributed by atoms with Gasteiger partial charge >= 0.3 is 5.69 Å². The first kappa shape index (κ1) is 20.0. The molecule has 0 unspecified atom stereocenters. The van der Waals surface area contributed by atoms with E-state index in [2.05, 4.69) is 10.3 Å². The number of benzene rings is 1. The predicted octanol–water partition coefficient (Wildman–Crippen LogP) is 0.982. The summed E-state index contributed by atoms with van der Waals surface area (Å²) in [6.45, 7) is 2.90. The van der Waals surface area contributed by atoms with Crippen LogP contribution >= 0.6 is 0 Å². The number of quaternary nitrogens is 1. The number of likely N-dealkylation sites (tertiary alicyclic amines) is 1. The number of nitrogen functional groups attached to an aromatic ring is 1. The molecule has 158 valence electrons. The van der Waals surface area contributed by atoms with Crippen molar-refractivity contribution in [2.24, 2.45) is 0 Å². The van der Waals surface area contributed by atoms with Crippen molar-refractivity contribution in [2.45, 2.75) is 31.8 Å². The molecule has 2 aromatic heterocycles. The Hall–Kier alpha value is -3.26. The van der Waals surface area contributed by atoms with Crippen molar-refractivity contribution in [3.63, 3.8) is 0 Å². The van der Waals surface area contributed by atoms with Crippen molar-refractivity contribution in [3.8, 4) is 0 Å². The molecule has 1 atom stereocenters. The highest BCUT2D eigenvalue weighted by molar-refractivity contribution is 5.60. The Morgan fingerprint density at radius 3 is 2.57 bits per heavy atom.